The molecule has 0 bridgehead atoms. The van der Waals surface area contributed by atoms with Gasteiger partial charge in [-0.2, -0.15) is 0 Å². The van der Waals surface area contributed by atoms with Crippen LogP contribution in [-0.4, -0.2) is 23.2 Å². The molecule has 1 saturated heterocycles. The van der Waals surface area contributed by atoms with Crippen molar-refractivity contribution in [1.29, 1.82) is 0 Å². The molecule has 1 aliphatic rings. The minimum Gasteiger partial charge on any atom is -0.358 e. The number of anilines is 2. The highest BCUT2D eigenvalue weighted by molar-refractivity contribution is 7.80. The molecule has 0 unspecified atom stereocenters. The third-order valence-electron chi connectivity index (χ3n) is 4.35. The number of piperidine rings is 1. The van der Waals surface area contributed by atoms with Crippen LogP contribution in [0.3, 0.4) is 0 Å². The van der Waals surface area contributed by atoms with Crippen LogP contribution < -0.4 is 15.5 Å². The van der Waals surface area contributed by atoms with Crippen molar-refractivity contribution >= 4 is 28.8 Å². The van der Waals surface area contributed by atoms with Crippen LogP contribution in [0.4, 0.5) is 15.9 Å². The Balaban J connectivity index is 1.50. The number of thiocarbonyl (C=S) groups is 1. The maximum Gasteiger partial charge on any atom is 0.171 e. The van der Waals surface area contributed by atoms with E-state index in [1.807, 2.05) is 12.1 Å². The number of benzene rings is 1. The molecular formula is C19H23FN4S. The zero-order valence-corrected chi connectivity index (χ0v) is 15.2. The molecule has 2 N–H and O–H groups in total. The topological polar surface area (TPSA) is 40.2 Å². The summed E-state index contributed by atoms with van der Waals surface area (Å²) in [5.74, 6) is 1.50. The SMILES string of the molecule is C[C@H]1CCCN(c2ccc(NC(=S)NCc3ccc(F)cc3)cn2)C1. The van der Waals surface area contributed by atoms with Crippen molar-refractivity contribution in [3.63, 3.8) is 0 Å². The molecule has 0 saturated carbocycles. The molecule has 6 heteroatoms. The van der Waals surface area contributed by atoms with Gasteiger partial charge in [-0.1, -0.05) is 19.1 Å². The first-order valence-electron chi connectivity index (χ1n) is 8.60. The molecule has 132 valence electrons. The molecular weight excluding hydrogens is 335 g/mol. The van der Waals surface area contributed by atoms with Gasteiger partial charge in [0.25, 0.3) is 0 Å². The van der Waals surface area contributed by atoms with Crippen LogP contribution in [0.5, 0.6) is 0 Å². The van der Waals surface area contributed by atoms with Gasteiger partial charge >= 0.3 is 0 Å². The maximum absolute atomic E-state index is 12.9. The number of halogens is 1. The second kappa shape index (κ2) is 8.25. The van der Waals surface area contributed by atoms with Gasteiger partial charge in [-0.15, -0.1) is 0 Å². The summed E-state index contributed by atoms with van der Waals surface area (Å²) in [5, 5.41) is 6.76. The predicted octanol–water partition coefficient (Wildman–Crippen LogP) is 3.94. The van der Waals surface area contributed by atoms with E-state index in [0.717, 1.165) is 36.1 Å². The number of hydrogen-bond acceptors (Lipinski definition) is 3. The van der Waals surface area contributed by atoms with Gasteiger partial charge in [0, 0.05) is 19.6 Å². The molecule has 0 radical (unpaired) electrons. The van der Waals surface area contributed by atoms with Crippen molar-refractivity contribution in [1.82, 2.24) is 10.3 Å². The first-order chi connectivity index (χ1) is 12.1. The minimum atomic E-state index is -0.237. The van der Waals surface area contributed by atoms with Gasteiger partial charge in [-0.05, 0) is 60.8 Å². The van der Waals surface area contributed by atoms with Gasteiger partial charge < -0.3 is 15.5 Å². The molecule has 2 aromatic rings. The Hall–Kier alpha value is -2.21. The average molecular weight is 358 g/mol. The summed E-state index contributed by atoms with van der Waals surface area (Å²) < 4.78 is 12.9. The zero-order valence-electron chi connectivity index (χ0n) is 14.3. The molecule has 1 aromatic heterocycles. The van der Waals surface area contributed by atoms with E-state index < -0.39 is 0 Å². The fraction of sp³-hybridized carbons (Fsp3) is 0.368. The second-order valence-electron chi connectivity index (χ2n) is 6.53. The van der Waals surface area contributed by atoms with Crippen molar-refractivity contribution in [3.8, 4) is 0 Å². The van der Waals surface area contributed by atoms with E-state index in [4.69, 9.17) is 12.2 Å². The zero-order chi connectivity index (χ0) is 17.6. The predicted molar refractivity (Wildman–Crippen MR) is 104 cm³/mol. The summed E-state index contributed by atoms with van der Waals surface area (Å²) in [7, 11) is 0. The van der Waals surface area contributed by atoms with Gasteiger partial charge in [-0.25, -0.2) is 9.37 Å². The normalized spacial score (nSPS) is 17.2. The van der Waals surface area contributed by atoms with Crippen LogP contribution >= 0.6 is 12.2 Å². The second-order valence-corrected chi connectivity index (χ2v) is 6.94. The number of nitrogens with one attached hydrogen (secondary N) is 2. The van der Waals surface area contributed by atoms with Crippen LogP contribution in [0, 0.1) is 11.7 Å². The van der Waals surface area contributed by atoms with Crippen molar-refractivity contribution in [2.45, 2.75) is 26.3 Å². The highest BCUT2D eigenvalue weighted by Gasteiger charge is 2.17. The van der Waals surface area contributed by atoms with Crippen LogP contribution in [0.15, 0.2) is 42.6 Å². The quantitative estimate of drug-likeness (QED) is 0.810. The smallest absolute Gasteiger partial charge is 0.171 e. The Bertz CT molecular complexity index is 702. The van der Waals surface area contributed by atoms with Gasteiger partial charge in [0.1, 0.15) is 11.6 Å². The van der Waals surface area contributed by atoms with E-state index >= 15 is 0 Å². The fourth-order valence-corrected chi connectivity index (χ4v) is 3.19. The number of pyridine rings is 1. The van der Waals surface area contributed by atoms with Gasteiger partial charge in [-0.3, -0.25) is 0 Å². The Kier molecular flexibility index (Phi) is 5.81. The summed E-state index contributed by atoms with van der Waals surface area (Å²) in [6, 6.07) is 10.4. The molecule has 0 spiro atoms. The Morgan fingerprint density at radius 3 is 2.76 bits per heavy atom. The van der Waals surface area contributed by atoms with Crippen LogP contribution in [0.1, 0.15) is 25.3 Å². The van der Waals surface area contributed by atoms with E-state index in [-0.39, 0.29) is 5.82 Å². The monoisotopic (exact) mass is 358 g/mol. The van der Waals surface area contributed by atoms with E-state index in [2.05, 4.69) is 27.4 Å². The largest absolute Gasteiger partial charge is 0.358 e. The van der Waals surface area contributed by atoms with Gasteiger partial charge in [0.2, 0.25) is 0 Å². The Labute approximate surface area is 153 Å². The third kappa shape index (κ3) is 5.13. The number of nitrogens with zero attached hydrogens (tertiary/aromatic N) is 2. The molecule has 2 heterocycles. The van der Waals surface area contributed by atoms with Crippen LogP contribution in [0.2, 0.25) is 0 Å². The molecule has 1 aliphatic heterocycles. The highest BCUT2D eigenvalue weighted by atomic mass is 32.1. The van der Waals surface area contributed by atoms with Gasteiger partial charge in [0.15, 0.2) is 5.11 Å². The number of rotatable bonds is 4. The lowest BCUT2D eigenvalue weighted by Gasteiger charge is -2.31. The Morgan fingerprint density at radius 1 is 1.28 bits per heavy atom. The summed E-state index contributed by atoms with van der Waals surface area (Å²) >= 11 is 5.30. The molecule has 1 aromatic carbocycles. The summed E-state index contributed by atoms with van der Waals surface area (Å²) in [4.78, 5) is 6.89. The summed E-state index contributed by atoms with van der Waals surface area (Å²) in [6.45, 7) is 4.97. The summed E-state index contributed by atoms with van der Waals surface area (Å²) in [6.07, 6.45) is 4.32. The first kappa shape index (κ1) is 17.6. The first-order valence-corrected chi connectivity index (χ1v) is 9.01. The molecule has 0 amide bonds. The lowest BCUT2D eigenvalue weighted by molar-refractivity contribution is 0.444. The van der Waals surface area contributed by atoms with Crippen LogP contribution in [0.25, 0.3) is 0 Å². The average Bonchev–Trinajstić information content (AvgIpc) is 2.62. The molecule has 25 heavy (non-hydrogen) atoms. The number of hydrogen-bond donors (Lipinski definition) is 2. The van der Waals surface area contributed by atoms with Crippen molar-refractivity contribution in [2.24, 2.45) is 5.92 Å². The molecule has 1 atom stereocenters. The fourth-order valence-electron chi connectivity index (χ4n) is 3.00. The lowest BCUT2D eigenvalue weighted by atomic mass is 10.0. The van der Waals surface area contributed by atoms with Crippen molar-refractivity contribution in [2.75, 3.05) is 23.3 Å². The maximum atomic E-state index is 12.9. The highest BCUT2D eigenvalue weighted by Crippen LogP contribution is 2.22. The lowest BCUT2D eigenvalue weighted by Crippen LogP contribution is -2.34. The standard InChI is InChI=1S/C19H23FN4S/c1-14-3-2-10-24(13-14)18-9-8-17(12-21-18)23-19(25)22-11-15-4-6-16(20)7-5-15/h4-9,12,14H,2-3,10-11,13H2,1H3,(H2,22,23,25)/t14-/m0/s1. The Morgan fingerprint density at radius 2 is 2.08 bits per heavy atom. The summed E-state index contributed by atoms with van der Waals surface area (Å²) in [5.41, 5.74) is 1.82. The van der Waals surface area contributed by atoms with Crippen molar-refractivity contribution < 1.29 is 4.39 Å². The van der Waals surface area contributed by atoms with E-state index in [0.29, 0.717) is 11.7 Å². The molecule has 1 fully saturated rings. The third-order valence-corrected chi connectivity index (χ3v) is 4.60. The van der Waals surface area contributed by atoms with E-state index in [9.17, 15) is 4.39 Å². The number of aromatic nitrogens is 1. The minimum absolute atomic E-state index is 0.237. The van der Waals surface area contributed by atoms with Gasteiger partial charge in [0.05, 0.1) is 11.9 Å². The molecule has 4 nitrogen and oxygen atoms in total. The van der Waals surface area contributed by atoms with Crippen molar-refractivity contribution in [3.05, 3.63) is 54.0 Å². The molecule has 3 rings (SSSR count). The molecule has 0 aliphatic carbocycles. The van der Waals surface area contributed by atoms with Crippen LogP contribution in [-0.2, 0) is 6.54 Å². The van der Waals surface area contributed by atoms with E-state index in [1.54, 1.807) is 18.3 Å². The van der Waals surface area contributed by atoms with E-state index in [1.165, 1.54) is 25.0 Å².